The Morgan fingerprint density at radius 1 is 1.42 bits per heavy atom. The van der Waals surface area contributed by atoms with Crippen LogP contribution in [0.15, 0.2) is 17.0 Å². The normalized spacial score (nSPS) is 16.1. The second-order valence-corrected chi connectivity index (χ2v) is 6.94. The van der Waals surface area contributed by atoms with Crippen LogP contribution in [0.4, 0.5) is 4.39 Å². The van der Waals surface area contributed by atoms with Gasteiger partial charge in [0.2, 0.25) is 10.0 Å². The lowest BCUT2D eigenvalue weighted by molar-refractivity contribution is 0.420. The molecule has 0 spiro atoms. The van der Waals surface area contributed by atoms with E-state index in [2.05, 4.69) is 0 Å². The number of hydrogen-bond acceptors (Lipinski definition) is 2. The molecule has 1 aromatic carbocycles. The van der Waals surface area contributed by atoms with E-state index in [1.165, 1.54) is 16.4 Å². The summed E-state index contributed by atoms with van der Waals surface area (Å²) in [5.41, 5.74) is 0.538. The van der Waals surface area contributed by atoms with Gasteiger partial charge in [0, 0.05) is 18.2 Å². The summed E-state index contributed by atoms with van der Waals surface area (Å²) in [6.07, 6.45) is 1.80. The van der Waals surface area contributed by atoms with E-state index in [1.54, 1.807) is 6.92 Å². The summed E-state index contributed by atoms with van der Waals surface area (Å²) in [6.45, 7) is 3.80. The van der Waals surface area contributed by atoms with Gasteiger partial charge in [0.05, 0.1) is 10.8 Å². The average Bonchev–Trinajstić information content (AvgIpc) is 3.17. The third-order valence-corrected chi connectivity index (χ3v) is 5.61. The highest BCUT2D eigenvalue weighted by molar-refractivity contribution is 7.89. The minimum absolute atomic E-state index is 0.0361. The van der Waals surface area contributed by atoms with Crippen LogP contribution in [0.3, 0.4) is 0 Å². The molecule has 1 fully saturated rings. The van der Waals surface area contributed by atoms with E-state index in [4.69, 9.17) is 11.6 Å². The fourth-order valence-corrected chi connectivity index (χ4v) is 4.20. The molecule has 0 atom stereocenters. The van der Waals surface area contributed by atoms with Crippen LogP contribution in [0.25, 0.3) is 0 Å². The molecule has 0 radical (unpaired) electrons. The Labute approximate surface area is 118 Å². The van der Waals surface area contributed by atoms with Crippen molar-refractivity contribution in [2.45, 2.75) is 43.5 Å². The highest BCUT2D eigenvalue weighted by Gasteiger charge is 2.37. The third-order valence-electron chi connectivity index (χ3n) is 3.32. The minimum Gasteiger partial charge on any atom is -0.207 e. The summed E-state index contributed by atoms with van der Waals surface area (Å²) in [4.78, 5) is 0.135. The van der Waals surface area contributed by atoms with Crippen LogP contribution < -0.4 is 0 Å². The fraction of sp³-hybridized carbons (Fsp3) is 0.538. The van der Waals surface area contributed by atoms with Crippen molar-refractivity contribution in [2.75, 3.05) is 6.54 Å². The topological polar surface area (TPSA) is 37.4 Å². The van der Waals surface area contributed by atoms with Crippen molar-refractivity contribution in [3.8, 4) is 0 Å². The molecule has 1 saturated carbocycles. The van der Waals surface area contributed by atoms with Gasteiger partial charge in [-0.2, -0.15) is 4.31 Å². The van der Waals surface area contributed by atoms with Gasteiger partial charge in [-0.3, -0.25) is 0 Å². The molecule has 0 unspecified atom stereocenters. The largest absolute Gasteiger partial charge is 0.243 e. The van der Waals surface area contributed by atoms with Gasteiger partial charge in [-0.25, -0.2) is 12.8 Å². The maximum atomic E-state index is 13.7. The summed E-state index contributed by atoms with van der Waals surface area (Å²) in [5.74, 6) is -0.464. The second kappa shape index (κ2) is 5.38. The molecule has 0 aromatic heterocycles. The first kappa shape index (κ1) is 14.8. The van der Waals surface area contributed by atoms with E-state index in [1.807, 2.05) is 6.92 Å². The molecule has 0 amide bonds. The SMILES string of the molecule is CCN(C1CC1)S(=O)(=O)c1cc(C)c(F)c(CCl)c1. The highest BCUT2D eigenvalue weighted by Crippen LogP contribution is 2.32. The monoisotopic (exact) mass is 305 g/mol. The molecule has 0 saturated heterocycles. The molecule has 0 aliphatic heterocycles. The Hall–Kier alpha value is -0.650. The number of aryl methyl sites for hydroxylation is 1. The van der Waals surface area contributed by atoms with Gasteiger partial charge in [-0.1, -0.05) is 6.92 Å². The maximum absolute atomic E-state index is 13.7. The van der Waals surface area contributed by atoms with Crippen LogP contribution >= 0.6 is 11.6 Å². The van der Waals surface area contributed by atoms with Crippen LogP contribution in [0.5, 0.6) is 0 Å². The van der Waals surface area contributed by atoms with Gasteiger partial charge in [-0.05, 0) is 37.5 Å². The number of halogens is 2. The lowest BCUT2D eigenvalue weighted by atomic mass is 10.1. The molecular formula is C13H17ClFNO2S. The zero-order chi connectivity index (χ0) is 14.2. The number of rotatable bonds is 5. The van der Waals surface area contributed by atoms with Crippen molar-refractivity contribution in [3.05, 3.63) is 29.1 Å². The Balaban J connectivity index is 2.48. The van der Waals surface area contributed by atoms with Gasteiger partial charge in [-0.15, -0.1) is 11.6 Å². The van der Waals surface area contributed by atoms with E-state index in [0.29, 0.717) is 12.1 Å². The van der Waals surface area contributed by atoms with Crippen molar-refractivity contribution >= 4 is 21.6 Å². The standard InChI is InChI=1S/C13H17ClFNO2S/c1-3-16(11-4-5-11)19(17,18)12-6-9(2)13(15)10(7-12)8-14/h6-7,11H,3-5,8H2,1-2H3. The molecule has 106 valence electrons. The Bertz CT molecular complexity index is 585. The molecule has 1 aromatic rings. The number of alkyl halides is 1. The molecular weight excluding hydrogens is 289 g/mol. The Morgan fingerprint density at radius 2 is 2.05 bits per heavy atom. The van der Waals surface area contributed by atoms with Gasteiger partial charge >= 0.3 is 0 Å². The number of nitrogens with zero attached hydrogens (tertiary/aromatic N) is 1. The van der Waals surface area contributed by atoms with Gasteiger partial charge in [0.1, 0.15) is 5.82 Å². The van der Waals surface area contributed by atoms with Crippen molar-refractivity contribution < 1.29 is 12.8 Å². The summed E-state index contributed by atoms with van der Waals surface area (Å²) in [6, 6.07) is 2.82. The highest BCUT2D eigenvalue weighted by atomic mass is 35.5. The molecule has 2 rings (SSSR count). The molecule has 19 heavy (non-hydrogen) atoms. The predicted octanol–water partition coefficient (Wildman–Crippen LogP) is 3.05. The molecule has 6 heteroatoms. The van der Waals surface area contributed by atoms with E-state index in [-0.39, 0.29) is 22.4 Å². The van der Waals surface area contributed by atoms with Crippen LogP contribution in [0.1, 0.15) is 30.9 Å². The maximum Gasteiger partial charge on any atom is 0.243 e. The third kappa shape index (κ3) is 2.78. The quantitative estimate of drug-likeness (QED) is 0.784. The zero-order valence-electron chi connectivity index (χ0n) is 11.0. The zero-order valence-corrected chi connectivity index (χ0v) is 12.6. The smallest absolute Gasteiger partial charge is 0.207 e. The summed E-state index contributed by atoms with van der Waals surface area (Å²) in [7, 11) is -3.55. The van der Waals surface area contributed by atoms with Crippen molar-refractivity contribution in [3.63, 3.8) is 0 Å². The Morgan fingerprint density at radius 3 is 2.53 bits per heavy atom. The first-order valence-corrected chi connectivity index (χ1v) is 8.26. The molecule has 3 nitrogen and oxygen atoms in total. The molecule has 0 heterocycles. The molecule has 1 aliphatic carbocycles. The van der Waals surface area contributed by atoms with Crippen LogP contribution in [0.2, 0.25) is 0 Å². The van der Waals surface area contributed by atoms with Crippen LogP contribution in [-0.4, -0.2) is 25.3 Å². The predicted molar refractivity (Wildman–Crippen MR) is 73.3 cm³/mol. The average molecular weight is 306 g/mol. The van der Waals surface area contributed by atoms with Gasteiger partial charge in [0.15, 0.2) is 0 Å². The van der Waals surface area contributed by atoms with Gasteiger partial charge < -0.3 is 0 Å². The number of sulfonamides is 1. The second-order valence-electron chi connectivity index (χ2n) is 4.79. The molecule has 0 N–H and O–H groups in total. The minimum atomic E-state index is -3.55. The summed E-state index contributed by atoms with van der Waals surface area (Å²) < 4.78 is 40.3. The summed E-state index contributed by atoms with van der Waals surface area (Å²) >= 11 is 5.67. The first-order valence-electron chi connectivity index (χ1n) is 6.28. The van der Waals surface area contributed by atoms with Crippen molar-refractivity contribution in [2.24, 2.45) is 0 Å². The van der Waals surface area contributed by atoms with E-state index in [9.17, 15) is 12.8 Å². The lowest BCUT2D eigenvalue weighted by Crippen LogP contribution is -2.33. The fourth-order valence-electron chi connectivity index (χ4n) is 2.18. The van der Waals surface area contributed by atoms with Crippen LogP contribution in [0, 0.1) is 12.7 Å². The number of benzene rings is 1. The molecule has 1 aliphatic rings. The van der Waals surface area contributed by atoms with Crippen molar-refractivity contribution in [1.82, 2.24) is 4.31 Å². The van der Waals surface area contributed by atoms with E-state index in [0.717, 1.165) is 12.8 Å². The van der Waals surface area contributed by atoms with E-state index >= 15 is 0 Å². The van der Waals surface area contributed by atoms with Crippen molar-refractivity contribution in [1.29, 1.82) is 0 Å². The number of hydrogen-bond donors (Lipinski definition) is 0. The molecule has 0 bridgehead atoms. The first-order chi connectivity index (χ1) is 8.91. The van der Waals surface area contributed by atoms with E-state index < -0.39 is 15.8 Å². The lowest BCUT2D eigenvalue weighted by Gasteiger charge is -2.20. The van der Waals surface area contributed by atoms with Crippen LogP contribution in [-0.2, 0) is 15.9 Å². The van der Waals surface area contributed by atoms with Gasteiger partial charge in [0.25, 0.3) is 0 Å². The summed E-state index contributed by atoms with van der Waals surface area (Å²) in [5, 5.41) is 0. The Kier molecular flexibility index (Phi) is 4.18.